The van der Waals surface area contributed by atoms with Crippen molar-refractivity contribution in [2.75, 3.05) is 45.9 Å². The van der Waals surface area contributed by atoms with Gasteiger partial charge in [-0.3, -0.25) is 4.79 Å². The van der Waals surface area contributed by atoms with E-state index in [1.54, 1.807) is 29.2 Å². The van der Waals surface area contributed by atoms with Crippen LogP contribution in [0.4, 0.5) is 4.79 Å². The third-order valence-corrected chi connectivity index (χ3v) is 7.40. The summed E-state index contributed by atoms with van der Waals surface area (Å²) in [7, 11) is -3.69. The Hall–Kier alpha value is -2.62. The van der Waals surface area contributed by atoms with Gasteiger partial charge in [0.2, 0.25) is 5.91 Å². The number of amides is 2. The van der Waals surface area contributed by atoms with Crippen LogP contribution in [0.3, 0.4) is 0 Å². The number of piperidine rings is 1. The minimum Gasteiger partial charge on any atom is -0.449 e. The molecule has 4 rings (SSSR count). The second-order valence-corrected chi connectivity index (χ2v) is 10.5. The number of fused-ring (bicyclic) bond motifs is 1. The lowest BCUT2D eigenvalue weighted by Crippen LogP contribution is -2.54. The van der Waals surface area contributed by atoms with Gasteiger partial charge < -0.3 is 19.4 Å². The highest BCUT2D eigenvalue weighted by Gasteiger charge is 2.37. The number of piperazine rings is 1. The van der Waals surface area contributed by atoms with Crippen LogP contribution < -0.4 is 0 Å². The molecule has 0 bridgehead atoms. The van der Waals surface area contributed by atoms with Crippen LogP contribution >= 0.6 is 0 Å². The van der Waals surface area contributed by atoms with Crippen molar-refractivity contribution in [1.29, 1.82) is 0 Å². The summed E-state index contributed by atoms with van der Waals surface area (Å²) in [5.41, 5.74) is 0.606. The standard InChI is InChI=1S/C22H30N4O5S/c1-16(2)15-31-22(28)25-12-10-24(11-13-25)21(27)17-6-5-9-26(14-17)20-18-7-3-4-8-19(18)32(29,30)23-20/h3-4,7-8,16-17H,5-6,9-15H2,1-2H3. The lowest BCUT2D eigenvalue weighted by atomic mass is 9.95. The fourth-order valence-corrected chi connectivity index (χ4v) is 5.61. The number of amidine groups is 1. The fraction of sp³-hybridized carbons (Fsp3) is 0.591. The highest BCUT2D eigenvalue weighted by Crippen LogP contribution is 2.30. The Labute approximate surface area is 189 Å². The van der Waals surface area contributed by atoms with Crippen molar-refractivity contribution in [2.45, 2.75) is 31.6 Å². The SMILES string of the molecule is CC(C)COC(=O)N1CCN(C(=O)C2CCCN(C3=NS(=O)(=O)c4ccccc43)C2)CC1. The summed E-state index contributed by atoms with van der Waals surface area (Å²) < 4.78 is 34.1. The zero-order valence-electron chi connectivity index (χ0n) is 18.6. The Morgan fingerprint density at radius 3 is 2.50 bits per heavy atom. The molecular weight excluding hydrogens is 432 g/mol. The first-order chi connectivity index (χ1) is 15.3. The van der Waals surface area contributed by atoms with E-state index in [4.69, 9.17) is 4.74 Å². The predicted octanol–water partition coefficient (Wildman–Crippen LogP) is 1.78. The number of carbonyl (C=O) groups is 2. The summed E-state index contributed by atoms with van der Waals surface area (Å²) in [5.74, 6) is 0.555. The first-order valence-electron chi connectivity index (χ1n) is 11.2. The van der Waals surface area contributed by atoms with Crippen molar-refractivity contribution in [1.82, 2.24) is 14.7 Å². The van der Waals surface area contributed by atoms with Crippen LogP contribution in [0.25, 0.3) is 0 Å². The molecular formula is C22H30N4O5S. The molecule has 1 aromatic rings. The first kappa shape index (κ1) is 22.6. The van der Waals surface area contributed by atoms with Crippen LogP contribution in [0, 0.1) is 11.8 Å². The van der Waals surface area contributed by atoms with Crippen LogP contribution in [0.2, 0.25) is 0 Å². The molecule has 1 unspecified atom stereocenters. The molecule has 0 spiro atoms. The third kappa shape index (κ3) is 4.60. The van der Waals surface area contributed by atoms with E-state index in [1.807, 2.05) is 23.6 Å². The highest BCUT2D eigenvalue weighted by molar-refractivity contribution is 7.90. The van der Waals surface area contributed by atoms with E-state index in [1.165, 1.54) is 0 Å². The highest BCUT2D eigenvalue weighted by atomic mass is 32.2. The van der Waals surface area contributed by atoms with E-state index in [-0.39, 0.29) is 28.7 Å². The second-order valence-electron chi connectivity index (χ2n) is 8.95. The van der Waals surface area contributed by atoms with Crippen LogP contribution in [-0.4, -0.2) is 86.8 Å². The van der Waals surface area contributed by atoms with Gasteiger partial charge in [0.1, 0.15) is 4.90 Å². The van der Waals surface area contributed by atoms with Crippen LogP contribution in [0.15, 0.2) is 33.6 Å². The van der Waals surface area contributed by atoms with Gasteiger partial charge in [-0.05, 0) is 30.9 Å². The van der Waals surface area contributed by atoms with Crippen molar-refractivity contribution in [3.05, 3.63) is 29.8 Å². The number of ether oxygens (including phenoxy) is 1. The number of carbonyl (C=O) groups excluding carboxylic acids is 2. The number of rotatable bonds is 3. The maximum Gasteiger partial charge on any atom is 0.409 e. The van der Waals surface area contributed by atoms with E-state index in [0.29, 0.717) is 57.3 Å². The molecule has 174 valence electrons. The average molecular weight is 463 g/mol. The summed E-state index contributed by atoms with van der Waals surface area (Å²) in [6.07, 6.45) is 1.22. The predicted molar refractivity (Wildman–Crippen MR) is 119 cm³/mol. The molecule has 2 fully saturated rings. The van der Waals surface area contributed by atoms with Gasteiger partial charge in [0.05, 0.1) is 12.5 Å². The largest absolute Gasteiger partial charge is 0.449 e. The summed E-state index contributed by atoms with van der Waals surface area (Å²) in [4.78, 5) is 30.9. The fourth-order valence-electron chi connectivity index (χ4n) is 4.38. The number of nitrogens with zero attached hydrogens (tertiary/aromatic N) is 4. The van der Waals surface area contributed by atoms with Gasteiger partial charge >= 0.3 is 6.09 Å². The van der Waals surface area contributed by atoms with Crippen LogP contribution in [0.1, 0.15) is 32.3 Å². The van der Waals surface area contributed by atoms with Gasteiger partial charge in [0.15, 0.2) is 5.84 Å². The van der Waals surface area contributed by atoms with Crippen LogP contribution in [-0.2, 0) is 19.6 Å². The lowest BCUT2D eigenvalue weighted by Gasteiger charge is -2.39. The van der Waals surface area contributed by atoms with Crippen LogP contribution in [0.5, 0.6) is 0 Å². The van der Waals surface area contributed by atoms with E-state index < -0.39 is 10.0 Å². The van der Waals surface area contributed by atoms with Crippen molar-refractivity contribution < 1.29 is 22.7 Å². The molecule has 3 aliphatic heterocycles. The van der Waals surface area contributed by atoms with Crippen molar-refractivity contribution in [2.24, 2.45) is 16.2 Å². The maximum absolute atomic E-state index is 13.2. The molecule has 3 heterocycles. The van der Waals surface area contributed by atoms with E-state index >= 15 is 0 Å². The van der Waals surface area contributed by atoms with Crippen molar-refractivity contribution in [3.63, 3.8) is 0 Å². The first-order valence-corrected chi connectivity index (χ1v) is 12.6. The summed E-state index contributed by atoms with van der Waals surface area (Å²) >= 11 is 0. The normalized spacial score (nSPS) is 22.5. The van der Waals surface area contributed by atoms with Crippen molar-refractivity contribution in [3.8, 4) is 0 Å². The Bertz CT molecular complexity index is 1010. The van der Waals surface area contributed by atoms with Gasteiger partial charge in [0, 0.05) is 44.8 Å². The number of hydrogen-bond donors (Lipinski definition) is 0. The number of likely N-dealkylation sites (tertiary alicyclic amines) is 1. The summed E-state index contributed by atoms with van der Waals surface area (Å²) in [6, 6.07) is 6.82. The Balaban J connectivity index is 1.37. The van der Waals surface area contributed by atoms with Gasteiger partial charge in [-0.2, -0.15) is 8.42 Å². The van der Waals surface area contributed by atoms with Gasteiger partial charge in [-0.25, -0.2) is 4.79 Å². The second kappa shape index (κ2) is 9.09. The molecule has 0 aliphatic carbocycles. The Morgan fingerprint density at radius 1 is 1.09 bits per heavy atom. The molecule has 9 nitrogen and oxygen atoms in total. The number of benzene rings is 1. The topological polar surface area (TPSA) is 99.6 Å². The summed E-state index contributed by atoms with van der Waals surface area (Å²) in [6.45, 7) is 7.34. The third-order valence-electron chi connectivity index (χ3n) is 6.07. The molecule has 0 aromatic heterocycles. The Morgan fingerprint density at radius 2 is 1.78 bits per heavy atom. The molecule has 1 aromatic carbocycles. The quantitative estimate of drug-likeness (QED) is 0.679. The zero-order valence-corrected chi connectivity index (χ0v) is 19.4. The number of sulfonamides is 1. The molecule has 0 radical (unpaired) electrons. The molecule has 10 heteroatoms. The number of hydrogen-bond acceptors (Lipinski definition) is 6. The molecule has 3 aliphatic rings. The van der Waals surface area contributed by atoms with E-state index in [2.05, 4.69) is 4.40 Å². The Kier molecular flexibility index (Phi) is 6.41. The van der Waals surface area contributed by atoms with Gasteiger partial charge in [0.25, 0.3) is 10.0 Å². The molecule has 0 saturated carbocycles. The average Bonchev–Trinajstić information content (AvgIpc) is 3.08. The summed E-state index contributed by atoms with van der Waals surface area (Å²) in [5, 5.41) is 0. The zero-order chi connectivity index (χ0) is 22.9. The monoisotopic (exact) mass is 462 g/mol. The maximum atomic E-state index is 13.2. The van der Waals surface area contributed by atoms with Crippen molar-refractivity contribution >= 4 is 27.9 Å². The molecule has 32 heavy (non-hydrogen) atoms. The van der Waals surface area contributed by atoms with Gasteiger partial charge in [-0.15, -0.1) is 4.40 Å². The minimum atomic E-state index is -3.69. The van der Waals surface area contributed by atoms with E-state index in [0.717, 1.165) is 12.8 Å². The van der Waals surface area contributed by atoms with Gasteiger partial charge in [-0.1, -0.05) is 26.0 Å². The lowest BCUT2D eigenvalue weighted by molar-refractivity contribution is -0.138. The molecule has 2 saturated heterocycles. The smallest absolute Gasteiger partial charge is 0.409 e. The van der Waals surface area contributed by atoms with E-state index in [9.17, 15) is 18.0 Å². The molecule has 2 amide bonds. The molecule has 1 atom stereocenters. The minimum absolute atomic E-state index is 0.0552. The molecule has 0 N–H and O–H groups in total.